The second kappa shape index (κ2) is 5.66. The van der Waals surface area contributed by atoms with Gasteiger partial charge in [-0.1, -0.05) is 18.2 Å². The van der Waals surface area contributed by atoms with Crippen molar-refractivity contribution in [2.24, 2.45) is 0 Å². The number of aromatic amines is 1. The molecule has 0 radical (unpaired) electrons. The van der Waals surface area contributed by atoms with E-state index < -0.39 is 5.97 Å². The summed E-state index contributed by atoms with van der Waals surface area (Å²) < 4.78 is 1.99. The average Bonchev–Trinajstić information content (AvgIpc) is 3.24. The fourth-order valence-corrected chi connectivity index (χ4v) is 2.76. The van der Waals surface area contributed by atoms with Crippen molar-refractivity contribution in [3.8, 4) is 16.8 Å². The van der Waals surface area contributed by atoms with Gasteiger partial charge in [0.15, 0.2) is 0 Å². The Bertz CT molecular complexity index is 1000. The van der Waals surface area contributed by atoms with Crippen molar-refractivity contribution in [1.82, 2.24) is 19.7 Å². The lowest BCUT2D eigenvalue weighted by Gasteiger charge is -2.06. The van der Waals surface area contributed by atoms with Crippen LogP contribution in [0.15, 0.2) is 61.2 Å². The van der Waals surface area contributed by atoms with Gasteiger partial charge in [-0.15, -0.1) is 0 Å². The van der Waals surface area contributed by atoms with E-state index >= 15 is 0 Å². The van der Waals surface area contributed by atoms with Crippen molar-refractivity contribution in [3.63, 3.8) is 0 Å². The van der Waals surface area contributed by atoms with E-state index in [0.29, 0.717) is 0 Å². The smallest absolute Gasteiger partial charge is 0.307 e. The van der Waals surface area contributed by atoms with E-state index in [0.717, 1.165) is 33.4 Å². The Morgan fingerprint density at radius 1 is 1.12 bits per heavy atom. The number of carbonyl (C=O) groups is 1. The summed E-state index contributed by atoms with van der Waals surface area (Å²) in [6, 6.07) is 13.5. The van der Waals surface area contributed by atoms with Gasteiger partial charge in [0.2, 0.25) is 0 Å². The molecule has 4 aromatic rings. The van der Waals surface area contributed by atoms with E-state index in [1.165, 1.54) is 0 Å². The molecule has 6 heteroatoms. The Morgan fingerprint density at radius 3 is 2.67 bits per heavy atom. The summed E-state index contributed by atoms with van der Waals surface area (Å²) in [4.78, 5) is 15.2. The first-order valence-electron chi connectivity index (χ1n) is 7.48. The van der Waals surface area contributed by atoms with Crippen LogP contribution in [0.1, 0.15) is 5.56 Å². The number of imidazole rings is 1. The van der Waals surface area contributed by atoms with Gasteiger partial charge >= 0.3 is 5.97 Å². The summed E-state index contributed by atoms with van der Waals surface area (Å²) in [7, 11) is 0. The van der Waals surface area contributed by atoms with Crippen molar-refractivity contribution >= 4 is 17.0 Å². The van der Waals surface area contributed by atoms with E-state index in [-0.39, 0.29) is 6.42 Å². The Kier molecular flexibility index (Phi) is 3.35. The van der Waals surface area contributed by atoms with Gasteiger partial charge in [-0.2, -0.15) is 5.10 Å². The summed E-state index contributed by atoms with van der Waals surface area (Å²) in [6.07, 6.45) is 5.42. The fourth-order valence-electron chi connectivity index (χ4n) is 2.76. The summed E-state index contributed by atoms with van der Waals surface area (Å²) in [6.45, 7) is 0. The molecule has 0 fully saturated rings. The maximum atomic E-state index is 10.8. The summed E-state index contributed by atoms with van der Waals surface area (Å²) in [5.41, 5.74) is 5.68. The van der Waals surface area contributed by atoms with Crippen LogP contribution in [0.4, 0.5) is 0 Å². The van der Waals surface area contributed by atoms with Gasteiger partial charge in [-0.25, -0.2) is 4.98 Å². The molecule has 6 nitrogen and oxygen atoms in total. The highest BCUT2D eigenvalue weighted by atomic mass is 16.4. The topological polar surface area (TPSA) is 83.8 Å². The highest BCUT2D eigenvalue weighted by Gasteiger charge is 2.08. The lowest BCUT2D eigenvalue weighted by atomic mass is 10.1. The molecule has 0 aliphatic carbocycles. The molecule has 0 spiro atoms. The second-order valence-corrected chi connectivity index (χ2v) is 5.54. The zero-order valence-electron chi connectivity index (χ0n) is 12.7. The number of nitrogens with zero attached hydrogens (tertiary/aromatic N) is 3. The molecule has 0 saturated heterocycles. The zero-order chi connectivity index (χ0) is 16.5. The van der Waals surface area contributed by atoms with Crippen LogP contribution in [0.5, 0.6) is 0 Å². The van der Waals surface area contributed by atoms with Crippen molar-refractivity contribution in [2.75, 3.05) is 0 Å². The molecule has 2 N–H and O–H groups in total. The molecule has 0 saturated carbocycles. The van der Waals surface area contributed by atoms with Gasteiger partial charge in [0.25, 0.3) is 0 Å². The monoisotopic (exact) mass is 318 g/mol. The van der Waals surface area contributed by atoms with Crippen LogP contribution in [-0.4, -0.2) is 30.8 Å². The standard InChI is InChI=1S/C18H14N4O2/c23-18(24)7-12-1-4-15(5-2-12)22-11-19-16-8-13(3-6-17(16)22)14-9-20-21-10-14/h1-6,8-11H,7H2,(H,20,21)(H,23,24). The molecule has 118 valence electrons. The SMILES string of the molecule is O=C(O)Cc1ccc(-n2cnc3cc(-c4cn[nH]c4)ccc32)cc1. The lowest BCUT2D eigenvalue weighted by Crippen LogP contribution is -2.00. The van der Waals surface area contributed by atoms with Gasteiger partial charge in [-0.05, 0) is 35.4 Å². The number of rotatable bonds is 4. The van der Waals surface area contributed by atoms with Crippen LogP contribution in [0, 0.1) is 0 Å². The quantitative estimate of drug-likeness (QED) is 0.606. The molecule has 2 aromatic heterocycles. The Morgan fingerprint density at radius 2 is 1.96 bits per heavy atom. The second-order valence-electron chi connectivity index (χ2n) is 5.54. The number of aromatic nitrogens is 4. The molecule has 0 amide bonds. The normalized spacial score (nSPS) is 11.0. The van der Waals surface area contributed by atoms with Gasteiger partial charge in [-0.3, -0.25) is 14.5 Å². The minimum absolute atomic E-state index is 0.0268. The molecule has 0 aliphatic rings. The molecule has 4 rings (SSSR count). The highest BCUT2D eigenvalue weighted by Crippen LogP contribution is 2.25. The molecule has 0 aliphatic heterocycles. The van der Waals surface area contributed by atoms with Crippen molar-refractivity contribution in [1.29, 1.82) is 0 Å². The number of fused-ring (bicyclic) bond motifs is 1. The Labute approximate surface area is 137 Å². The fraction of sp³-hybridized carbons (Fsp3) is 0.0556. The number of benzene rings is 2. The predicted octanol–water partition coefficient (Wildman–Crippen LogP) is 3.04. The number of H-pyrrole nitrogens is 1. The van der Waals surface area contributed by atoms with Crippen molar-refractivity contribution in [2.45, 2.75) is 6.42 Å². The minimum atomic E-state index is -0.831. The van der Waals surface area contributed by atoms with Crippen molar-refractivity contribution < 1.29 is 9.90 Å². The Hall–Kier alpha value is -3.41. The van der Waals surface area contributed by atoms with E-state index in [2.05, 4.69) is 15.2 Å². The minimum Gasteiger partial charge on any atom is -0.481 e. The summed E-state index contributed by atoms with van der Waals surface area (Å²) >= 11 is 0. The number of carboxylic acids is 1. The first-order chi connectivity index (χ1) is 11.7. The number of hydrogen-bond acceptors (Lipinski definition) is 3. The average molecular weight is 318 g/mol. The van der Waals surface area contributed by atoms with Gasteiger partial charge in [0.1, 0.15) is 6.33 Å². The largest absolute Gasteiger partial charge is 0.481 e. The first-order valence-corrected chi connectivity index (χ1v) is 7.48. The highest BCUT2D eigenvalue weighted by molar-refractivity contribution is 5.83. The first kappa shape index (κ1) is 14.2. The molecule has 0 bridgehead atoms. The van der Waals surface area contributed by atoms with Crippen LogP contribution >= 0.6 is 0 Å². The third-order valence-corrected chi connectivity index (χ3v) is 3.95. The number of hydrogen-bond donors (Lipinski definition) is 2. The molecule has 2 heterocycles. The van der Waals surface area contributed by atoms with E-state index in [9.17, 15) is 4.79 Å². The van der Waals surface area contributed by atoms with Crippen LogP contribution in [-0.2, 0) is 11.2 Å². The molecule has 0 unspecified atom stereocenters. The third kappa shape index (κ3) is 2.54. The molecular formula is C18H14N4O2. The maximum absolute atomic E-state index is 10.8. The lowest BCUT2D eigenvalue weighted by molar-refractivity contribution is -0.136. The molecule has 24 heavy (non-hydrogen) atoms. The number of aliphatic carboxylic acids is 1. The zero-order valence-corrected chi connectivity index (χ0v) is 12.7. The predicted molar refractivity (Wildman–Crippen MR) is 90.0 cm³/mol. The van der Waals surface area contributed by atoms with E-state index in [1.807, 2.05) is 53.2 Å². The number of nitrogens with one attached hydrogen (secondary N) is 1. The summed E-state index contributed by atoms with van der Waals surface area (Å²) in [5.74, 6) is -0.831. The third-order valence-electron chi connectivity index (χ3n) is 3.95. The van der Waals surface area contributed by atoms with Crippen molar-refractivity contribution in [3.05, 3.63) is 66.7 Å². The van der Waals surface area contributed by atoms with Crippen LogP contribution in [0.25, 0.3) is 27.8 Å². The molecule has 2 aromatic carbocycles. The van der Waals surface area contributed by atoms with Crippen LogP contribution in [0.3, 0.4) is 0 Å². The van der Waals surface area contributed by atoms with Gasteiger partial charge < -0.3 is 5.11 Å². The van der Waals surface area contributed by atoms with Gasteiger partial charge in [0.05, 0.1) is 23.7 Å². The van der Waals surface area contributed by atoms with Gasteiger partial charge in [0, 0.05) is 17.4 Å². The van der Waals surface area contributed by atoms with Crippen LogP contribution in [0.2, 0.25) is 0 Å². The van der Waals surface area contributed by atoms with E-state index in [4.69, 9.17) is 5.11 Å². The molecular weight excluding hydrogens is 304 g/mol. The number of carboxylic acid groups (broad SMARTS) is 1. The maximum Gasteiger partial charge on any atom is 0.307 e. The van der Waals surface area contributed by atoms with E-state index in [1.54, 1.807) is 12.5 Å². The van der Waals surface area contributed by atoms with Crippen LogP contribution < -0.4 is 0 Å². The molecule has 0 atom stereocenters. The summed E-state index contributed by atoms with van der Waals surface area (Å²) in [5, 5.41) is 15.6. The Balaban J connectivity index is 1.71.